The average Bonchev–Trinajstić information content (AvgIpc) is 2.46. The van der Waals surface area contributed by atoms with Crippen molar-refractivity contribution in [1.82, 2.24) is 4.90 Å². The molecule has 0 N–H and O–H groups in total. The van der Waals surface area contributed by atoms with Gasteiger partial charge in [-0.25, -0.2) is 0 Å². The molecule has 1 rings (SSSR count). The Morgan fingerprint density at radius 1 is 0.957 bits per heavy atom. The highest BCUT2D eigenvalue weighted by Crippen LogP contribution is 2.32. The molecule has 1 aromatic carbocycles. The van der Waals surface area contributed by atoms with Crippen LogP contribution in [0.4, 0.5) is 5.69 Å². The van der Waals surface area contributed by atoms with Crippen molar-refractivity contribution in [2.45, 2.75) is 65.7 Å². The van der Waals surface area contributed by atoms with Crippen LogP contribution in [0.2, 0.25) is 0 Å². The Hall–Kier alpha value is -0.740. The van der Waals surface area contributed by atoms with Crippen molar-refractivity contribution in [3.05, 3.63) is 20.3 Å². The molecule has 1 aromatic rings. The van der Waals surface area contributed by atoms with Crippen molar-refractivity contribution >= 4 is 17.9 Å². The van der Waals surface area contributed by atoms with Crippen molar-refractivity contribution in [1.29, 1.82) is 0 Å². The second-order valence-electron chi connectivity index (χ2n) is 7.60. The Morgan fingerprint density at radius 3 is 1.96 bits per heavy atom. The lowest BCUT2D eigenvalue weighted by atomic mass is 9.82. The number of unbranched alkanes of at least 4 members (excludes halogenated alkanes) is 1. The van der Waals surface area contributed by atoms with Crippen LogP contribution in [0.1, 0.15) is 65.9 Å². The minimum atomic E-state index is -0.123. The first-order chi connectivity index (χ1) is 10.7. The SMILES string of the molecule is CCCN(CCC)CCCCN(C)c1c(C(C)(C)C)c(=O)c1=S. The van der Waals surface area contributed by atoms with E-state index in [-0.39, 0.29) is 10.8 Å². The van der Waals surface area contributed by atoms with Gasteiger partial charge in [0.1, 0.15) is 4.51 Å². The molecule has 0 atom stereocenters. The molecular weight excluding hydrogens is 304 g/mol. The fraction of sp³-hybridized carbons (Fsp3) is 0.789. The topological polar surface area (TPSA) is 23.6 Å². The van der Waals surface area contributed by atoms with Gasteiger partial charge in [0.05, 0.1) is 5.69 Å². The van der Waals surface area contributed by atoms with Gasteiger partial charge in [0.15, 0.2) is 0 Å². The van der Waals surface area contributed by atoms with Gasteiger partial charge in [0.2, 0.25) is 5.43 Å². The third-order valence-electron chi connectivity index (χ3n) is 4.31. The van der Waals surface area contributed by atoms with Crippen LogP contribution in [0, 0.1) is 4.51 Å². The van der Waals surface area contributed by atoms with E-state index >= 15 is 0 Å². The molecule has 0 aromatic heterocycles. The van der Waals surface area contributed by atoms with E-state index in [0.717, 1.165) is 24.2 Å². The Morgan fingerprint density at radius 2 is 1.48 bits per heavy atom. The standard InChI is InChI=1S/C19H34N2OS/c1-7-11-21(12-8-2)14-10-9-13-20(6)16-15(19(3,4)5)17(22)18(16)23/h7-14H2,1-6H3. The highest BCUT2D eigenvalue weighted by atomic mass is 32.1. The monoisotopic (exact) mass is 338 g/mol. The van der Waals surface area contributed by atoms with Gasteiger partial charge >= 0.3 is 0 Å². The molecular formula is C19H34N2OS. The van der Waals surface area contributed by atoms with Gasteiger partial charge in [-0.15, -0.1) is 0 Å². The van der Waals surface area contributed by atoms with Crippen LogP contribution in [-0.2, 0) is 5.41 Å². The zero-order chi connectivity index (χ0) is 17.6. The van der Waals surface area contributed by atoms with Gasteiger partial charge in [0.25, 0.3) is 0 Å². The highest BCUT2D eigenvalue weighted by molar-refractivity contribution is 7.71. The predicted octanol–water partition coefficient (Wildman–Crippen LogP) is 4.29. The molecule has 0 saturated carbocycles. The molecule has 0 bridgehead atoms. The smallest absolute Gasteiger partial charge is 0.204 e. The van der Waals surface area contributed by atoms with Crippen LogP contribution >= 0.6 is 12.2 Å². The van der Waals surface area contributed by atoms with Gasteiger partial charge in [-0.05, 0) is 50.7 Å². The van der Waals surface area contributed by atoms with Crippen LogP contribution in [-0.4, -0.2) is 38.1 Å². The fourth-order valence-corrected chi connectivity index (χ4v) is 3.56. The molecule has 0 aliphatic rings. The third kappa shape index (κ3) is 5.39. The van der Waals surface area contributed by atoms with Crippen LogP contribution in [0.15, 0.2) is 4.79 Å². The lowest BCUT2D eigenvalue weighted by Gasteiger charge is -2.31. The Balaban J connectivity index is 2.53. The Kier molecular flexibility index (Phi) is 7.88. The minimum Gasteiger partial charge on any atom is -0.373 e. The Bertz CT molecular complexity index is 546. The average molecular weight is 339 g/mol. The molecule has 4 heteroatoms. The maximum absolute atomic E-state index is 12.1. The van der Waals surface area contributed by atoms with Gasteiger partial charge in [-0.2, -0.15) is 0 Å². The number of anilines is 1. The molecule has 132 valence electrons. The van der Waals surface area contributed by atoms with E-state index in [1.54, 1.807) is 0 Å². The molecule has 23 heavy (non-hydrogen) atoms. The maximum atomic E-state index is 12.1. The lowest BCUT2D eigenvalue weighted by Crippen LogP contribution is -2.35. The summed E-state index contributed by atoms with van der Waals surface area (Å²) >= 11 is 5.28. The summed E-state index contributed by atoms with van der Waals surface area (Å²) < 4.78 is 0.524. The van der Waals surface area contributed by atoms with Crippen LogP contribution < -0.4 is 10.3 Å². The van der Waals surface area contributed by atoms with E-state index in [0.29, 0.717) is 4.51 Å². The molecule has 0 fully saturated rings. The van der Waals surface area contributed by atoms with Crippen molar-refractivity contribution in [2.75, 3.05) is 38.1 Å². The van der Waals surface area contributed by atoms with E-state index in [4.69, 9.17) is 12.2 Å². The molecule has 0 spiro atoms. The predicted molar refractivity (Wildman–Crippen MR) is 104 cm³/mol. The van der Waals surface area contributed by atoms with Gasteiger partial charge in [0, 0.05) is 19.2 Å². The first-order valence-electron chi connectivity index (χ1n) is 9.01. The van der Waals surface area contributed by atoms with Crippen LogP contribution in [0.3, 0.4) is 0 Å². The highest BCUT2D eigenvalue weighted by Gasteiger charge is 2.29. The summed E-state index contributed by atoms with van der Waals surface area (Å²) in [6.07, 6.45) is 4.78. The van der Waals surface area contributed by atoms with Crippen molar-refractivity contribution < 1.29 is 0 Å². The van der Waals surface area contributed by atoms with Gasteiger partial charge in [-0.1, -0.05) is 46.8 Å². The van der Waals surface area contributed by atoms with E-state index in [2.05, 4.69) is 51.5 Å². The minimum absolute atomic E-state index is 0.0754. The molecule has 3 nitrogen and oxygen atoms in total. The normalized spacial score (nSPS) is 12.3. The third-order valence-corrected chi connectivity index (χ3v) is 4.69. The molecule has 0 heterocycles. The lowest BCUT2D eigenvalue weighted by molar-refractivity contribution is 0.269. The van der Waals surface area contributed by atoms with Crippen LogP contribution in [0.25, 0.3) is 0 Å². The number of rotatable bonds is 10. The van der Waals surface area contributed by atoms with E-state index < -0.39 is 0 Å². The summed E-state index contributed by atoms with van der Waals surface area (Å²) in [6.45, 7) is 15.3. The Labute approximate surface area is 147 Å². The molecule has 0 saturated heterocycles. The van der Waals surface area contributed by atoms with Gasteiger partial charge in [-0.3, -0.25) is 4.79 Å². The summed E-state index contributed by atoms with van der Waals surface area (Å²) in [5.74, 6) is 0. The van der Waals surface area contributed by atoms with E-state index in [1.165, 1.54) is 38.9 Å². The number of hydrogen-bond donors (Lipinski definition) is 0. The number of hydrogen-bond acceptors (Lipinski definition) is 4. The number of nitrogens with zero attached hydrogens (tertiary/aromatic N) is 2. The fourth-order valence-electron chi connectivity index (χ4n) is 3.20. The molecule has 0 aliphatic carbocycles. The largest absolute Gasteiger partial charge is 0.373 e. The second-order valence-corrected chi connectivity index (χ2v) is 8.01. The molecule has 0 amide bonds. The second kappa shape index (κ2) is 8.93. The van der Waals surface area contributed by atoms with Crippen molar-refractivity contribution in [2.24, 2.45) is 0 Å². The first kappa shape index (κ1) is 20.3. The van der Waals surface area contributed by atoms with E-state index in [1.807, 2.05) is 0 Å². The van der Waals surface area contributed by atoms with E-state index in [9.17, 15) is 4.79 Å². The van der Waals surface area contributed by atoms with Crippen LogP contribution in [0.5, 0.6) is 0 Å². The maximum Gasteiger partial charge on any atom is 0.204 e. The van der Waals surface area contributed by atoms with Crippen molar-refractivity contribution in [3.63, 3.8) is 0 Å². The van der Waals surface area contributed by atoms with Crippen molar-refractivity contribution in [3.8, 4) is 0 Å². The van der Waals surface area contributed by atoms with Gasteiger partial charge < -0.3 is 9.80 Å². The summed E-state index contributed by atoms with van der Waals surface area (Å²) in [6, 6.07) is 0. The summed E-state index contributed by atoms with van der Waals surface area (Å²) in [4.78, 5) is 16.8. The first-order valence-corrected chi connectivity index (χ1v) is 9.42. The molecule has 0 aliphatic heterocycles. The zero-order valence-electron chi connectivity index (χ0n) is 15.9. The molecule has 0 radical (unpaired) electrons. The quantitative estimate of drug-likeness (QED) is 0.469. The zero-order valence-corrected chi connectivity index (χ0v) is 16.7. The summed E-state index contributed by atoms with van der Waals surface area (Å²) in [7, 11) is 2.07. The molecule has 0 unspecified atom stereocenters. The summed E-state index contributed by atoms with van der Waals surface area (Å²) in [5, 5.41) is 0. The summed E-state index contributed by atoms with van der Waals surface area (Å²) in [5.41, 5.74) is 1.87.